The largest absolute Gasteiger partial charge is 0.490 e. The van der Waals surface area contributed by atoms with Gasteiger partial charge in [0.25, 0.3) is 5.91 Å². The predicted octanol–water partition coefficient (Wildman–Crippen LogP) is 4.51. The molecular formula is C23H24N2O3S. The third kappa shape index (κ3) is 4.00. The molecule has 150 valence electrons. The molecular weight excluding hydrogens is 384 g/mol. The number of likely N-dealkylation sites (tertiary alicyclic amines) is 1. The molecule has 0 radical (unpaired) electrons. The van der Waals surface area contributed by atoms with Gasteiger partial charge in [-0.3, -0.25) is 9.78 Å². The smallest absolute Gasteiger partial charge is 0.251 e. The van der Waals surface area contributed by atoms with Gasteiger partial charge in [-0.05, 0) is 48.1 Å². The van der Waals surface area contributed by atoms with E-state index in [1.54, 1.807) is 11.3 Å². The first-order valence-corrected chi connectivity index (χ1v) is 11.1. The summed E-state index contributed by atoms with van der Waals surface area (Å²) in [6.07, 6.45) is 5.42. The lowest BCUT2D eigenvalue weighted by Gasteiger charge is -2.33. The fraction of sp³-hybridized carbons (Fsp3) is 0.391. The SMILES string of the molecule is O=C(C1CCCO1)N1CCC(Oc2ccc(-c3cnc4ccsc4c3)cc2)CC1. The van der Waals surface area contributed by atoms with Crippen LogP contribution in [0.5, 0.6) is 5.75 Å². The second kappa shape index (κ2) is 8.13. The van der Waals surface area contributed by atoms with Gasteiger partial charge in [-0.2, -0.15) is 0 Å². The van der Waals surface area contributed by atoms with Gasteiger partial charge in [0.15, 0.2) is 0 Å². The highest BCUT2D eigenvalue weighted by molar-refractivity contribution is 7.17. The molecule has 0 N–H and O–H groups in total. The Bertz CT molecular complexity index is 987. The Balaban J connectivity index is 1.18. The molecule has 2 aromatic heterocycles. The third-order valence-electron chi connectivity index (χ3n) is 5.75. The van der Waals surface area contributed by atoms with E-state index in [4.69, 9.17) is 9.47 Å². The standard InChI is InChI=1S/C23H24N2O3S/c26-23(21-2-1-12-27-21)25-10-7-19(8-11-25)28-18-5-3-16(4-6-18)17-14-22-20(24-15-17)9-13-29-22/h3-6,9,13-15,19,21H,1-2,7-8,10-12H2. The summed E-state index contributed by atoms with van der Waals surface area (Å²) in [5.74, 6) is 1.03. The van der Waals surface area contributed by atoms with Crippen molar-refractivity contribution >= 4 is 27.5 Å². The molecule has 0 bridgehead atoms. The van der Waals surface area contributed by atoms with Crippen molar-refractivity contribution < 1.29 is 14.3 Å². The Morgan fingerprint density at radius 3 is 2.69 bits per heavy atom. The topological polar surface area (TPSA) is 51.7 Å². The maximum atomic E-state index is 12.5. The van der Waals surface area contributed by atoms with Crippen molar-refractivity contribution in [2.75, 3.05) is 19.7 Å². The average molecular weight is 409 g/mol. The van der Waals surface area contributed by atoms with E-state index in [1.807, 2.05) is 29.3 Å². The molecule has 0 spiro atoms. The molecule has 3 aromatic rings. The maximum Gasteiger partial charge on any atom is 0.251 e. The molecule has 1 atom stereocenters. The number of piperidine rings is 1. The van der Waals surface area contributed by atoms with E-state index in [1.165, 1.54) is 4.70 Å². The highest BCUT2D eigenvalue weighted by atomic mass is 32.1. The van der Waals surface area contributed by atoms with Gasteiger partial charge < -0.3 is 14.4 Å². The molecule has 1 amide bonds. The Kier molecular flexibility index (Phi) is 5.21. The number of nitrogens with zero attached hydrogens (tertiary/aromatic N) is 2. The molecule has 2 aliphatic heterocycles. The second-order valence-electron chi connectivity index (χ2n) is 7.70. The van der Waals surface area contributed by atoms with Gasteiger partial charge in [0, 0.05) is 44.3 Å². The normalized spacial score (nSPS) is 20.3. The average Bonchev–Trinajstić information content (AvgIpc) is 3.46. The summed E-state index contributed by atoms with van der Waals surface area (Å²) in [4.78, 5) is 18.9. The minimum atomic E-state index is -0.220. The number of ether oxygens (including phenoxy) is 2. The molecule has 2 fully saturated rings. The molecule has 1 aromatic carbocycles. The first kappa shape index (κ1) is 18.6. The summed E-state index contributed by atoms with van der Waals surface area (Å²) in [6.45, 7) is 2.20. The van der Waals surface area contributed by atoms with Crippen molar-refractivity contribution in [3.63, 3.8) is 0 Å². The lowest BCUT2D eigenvalue weighted by Crippen LogP contribution is -2.45. The number of pyridine rings is 1. The van der Waals surface area contributed by atoms with Crippen LogP contribution >= 0.6 is 11.3 Å². The van der Waals surface area contributed by atoms with E-state index in [9.17, 15) is 4.79 Å². The van der Waals surface area contributed by atoms with E-state index in [0.717, 1.165) is 61.2 Å². The molecule has 5 nitrogen and oxygen atoms in total. The fourth-order valence-corrected chi connectivity index (χ4v) is 4.87. The summed E-state index contributed by atoms with van der Waals surface area (Å²) in [5.41, 5.74) is 3.30. The number of rotatable bonds is 4. The number of benzene rings is 1. The summed E-state index contributed by atoms with van der Waals surface area (Å²) < 4.78 is 12.9. The van der Waals surface area contributed by atoms with Crippen LogP contribution in [-0.4, -0.2) is 47.7 Å². The zero-order valence-electron chi connectivity index (χ0n) is 16.3. The molecule has 5 rings (SSSR count). The highest BCUT2D eigenvalue weighted by Crippen LogP contribution is 2.28. The number of carbonyl (C=O) groups excluding carboxylic acids is 1. The first-order chi connectivity index (χ1) is 14.3. The summed E-state index contributed by atoms with van der Waals surface area (Å²) in [7, 11) is 0. The summed E-state index contributed by atoms with van der Waals surface area (Å²) >= 11 is 1.71. The first-order valence-electron chi connectivity index (χ1n) is 10.3. The molecule has 4 heterocycles. The van der Waals surface area contributed by atoms with Crippen LogP contribution in [0.25, 0.3) is 21.3 Å². The Morgan fingerprint density at radius 1 is 1.10 bits per heavy atom. The van der Waals surface area contributed by atoms with Crippen LogP contribution in [-0.2, 0) is 9.53 Å². The van der Waals surface area contributed by atoms with Crippen molar-refractivity contribution in [1.29, 1.82) is 0 Å². The van der Waals surface area contributed by atoms with Crippen LogP contribution in [0, 0.1) is 0 Å². The zero-order chi connectivity index (χ0) is 19.6. The minimum Gasteiger partial charge on any atom is -0.490 e. The van der Waals surface area contributed by atoms with E-state index in [2.05, 4.69) is 28.6 Å². The van der Waals surface area contributed by atoms with Crippen molar-refractivity contribution in [3.8, 4) is 16.9 Å². The van der Waals surface area contributed by atoms with Gasteiger partial charge in [0.05, 0.1) is 10.2 Å². The van der Waals surface area contributed by atoms with Crippen LogP contribution in [0.3, 0.4) is 0 Å². The summed E-state index contributed by atoms with van der Waals surface area (Å²) in [6, 6.07) is 12.4. The van der Waals surface area contributed by atoms with E-state index in [0.29, 0.717) is 6.61 Å². The number of amides is 1. The van der Waals surface area contributed by atoms with Gasteiger partial charge in [0.2, 0.25) is 0 Å². The number of fused-ring (bicyclic) bond motifs is 1. The van der Waals surface area contributed by atoms with Crippen molar-refractivity contribution in [1.82, 2.24) is 9.88 Å². The minimum absolute atomic E-state index is 0.151. The van der Waals surface area contributed by atoms with Crippen LogP contribution in [0.1, 0.15) is 25.7 Å². The van der Waals surface area contributed by atoms with Gasteiger partial charge in [-0.15, -0.1) is 11.3 Å². The van der Waals surface area contributed by atoms with Crippen molar-refractivity contribution in [2.45, 2.75) is 37.9 Å². The van der Waals surface area contributed by atoms with Crippen molar-refractivity contribution in [3.05, 3.63) is 48.0 Å². The number of hydrogen-bond donors (Lipinski definition) is 0. The highest BCUT2D eigenvalue weighted by Gasteiger charge is 2.31. The second-order valence-corrected chi connectivity index (χ2v) is 8.64. The van der Waals surface area contributed by atoms with Crippen LogP contribution in [0.2, 0.25) is 0 Å². The molecule has 0 saturated carbocycles. The molecule has 29 heavy (non-hydrogen) atoms. The van der Waals surface area contributed by atoms with Crippen LogP contribution in [0.4, 0.5) is 0 Å². The molecule has 6 heteroatoms. The number of hydrogen-bond acceptors (Lipinski definition) is 5. The van der Waals surface area contributed by atoms with Gasteiger partial charge in [0.1, 0.15) is 18.0 Å². The van der Waals surface area contributed by atoms with Crippen LogP contribution in [0.15, 0.2) is 48.0 Å². The fourth-order valence-electron chi connectivity index (χ4n) is 4.09. The number of thiophene rings is 1. The Morgan fingerprint density at radius 2 is 1.93 bits per heavy atom. The molecule has 0 aliphatic carbocycles. The predicted molar refractivity (Wildman–Crippen MR) is 114 cm³/mol. The zero-order valence-corrected chi connectivity index (χ0v) is 17.1. The number of aromatic nitrogens is 1. The lowest BCUT2D eigenvalue weighted by molar-refractivity contribution is -0.142. The molecule has 2 saturated heterocycles. The van der Waals surface area contributed by atoms with E-state index >= 15 is 0 Å². The maximum absolute atomic E-state index is 12.5. The third-order valence-corrected chi connectivity index (χ3v) is 6.60. The summed E-state index contributed by atoms with van der Waals surface area (Å²) in [5, 5.41) is 2.07. The van der Waals surface area contributed by atoms with Gasteiger partial charge in [-0.25, -0.2) is 0 Å². The quantitative estimate of drug-likeness (QED) is 0.637. The Labute approximate surface area is 174 Å². The van der Waals surface area contributed by atoms with E-state index in [-0.39, 0.29) is 18.1 Å². The lowest BCUT2D eigenvalue weighted by atomic mass is 10.1. The van der Waals surface area contributed by atoms with Gasteiger partial charge >= 0.3 is 0 Å². The Hall–Kier alpha value is -2.44. The number of carbonyl (C=O) groups is 1. The van der Waals surface area contributed by atoms with Gasteiger partial charge in [-0.1, -0.05) is 12.1 Å². The molecule has 1 unspecified atom stereocenters. The van der Waals surface area contributed by atoms with E-state index < -0.39 is 0 Å². The molecule has 2 aliphatic rings. The van der Waals surface area contributed by atoms with Crippen molar-refractivity contribution in [2.24, 2.45) is 0 Å². The monoisotopic (exact) mass is 408 g/mol. The van der Waals surface area contributed by atoms with Crippen LogP contribution < -0.4 is 4.74 Å².